The Morgan fingerprint density at radius 2 is 1.27 bits per heavy atom. The van der Waals surface area contributed by atoms with Crippen LogP contribution < -0.4 is 10.5 Å². The van der Waals surface area contributed by atoms with Gasteiger partial charge in [-0.1, -0.05) is 78.4 Å². The van der Waals surface area contributed by atoms with Crippen LogP contribution in [0.1, 0.15) is 49.5 Å². The first kappa shape index (κ1) is 28.0. The minimum Gasteiger partial charge on any atom is -0.394 e. The number of hydrogen-bond donors (Lipinski definition) is 3. The van der Waals surface area contributed by atoms with Crippen molar-refractivity contribution in [3.63, 3.8) is 0 Å². The van der Waals surface area contributed by atoms with Gasteiger partial charge in [-0.15, -0.1) is 0 Å². The van der Waals surface area contributed by atoms with Crippen molar-refractivity contribution < 1.29 is 13.5 Å². The molecule has 0 fully saturated rings. The highest BCUT2D eigenvalue weighted by atomic mass is 32.2. The number of aliphatic hydroxyl groups is 1. The Labute approximate surface area is 197 Å². The molecular weight excluding hydrogens is 434 g/mol. The van der Waals surface area contributed by atoms with Gasteiger partial charge in [-0.25, -0.2) is 13.1 Å². The molecule has 4 N–H and O–H groups in total. The summed E-state index contributed by atoms with van der Waals surface area (Å²) in [6.45, 7) is 6.79. The van der Waals surface area contributed by atoms with E-state index < -0.39 is 22.1 Å². The zero-order valence-corrected chi connectivity index (χ0v) is 20.3. The summed E-state index contributed by atoms with van der Waals surface area (Å²) < 4.78 is 28.6. The van der Waals surface area contributed by atoms with E-state index in [0.717, 1.165) is 16.7 Å². The molecule has 0 heterocycles. The lowest BCUT2D eigenvalue weighted by Crippen LogP contribution is -2.36. The van der Waals surface area contributed by atoms with Crippen LogP contribution in [0.3, 0.4) is 0 Å². The Bertz CT molecular complexity index is 1080. The lowest BCUT2D eigenvalue weighted by atomic mass is 9.95. The highest BCUT2D eigenvalue weighted by Crippen LogP contribution is 2.28. The standard InChI is InChI=1S/C21H22N2O2S.C3H8O.C2H3N/c1-16-12-14-19(15-13-16)26(24,25)23-21(18-10-6-3-7-11-18)20(22)17-8-4-2-5-9-17;1-3(2)4;1-2-3/h2-15,20-21,23H,22H2,1H3;3-4H,1-2H3;1H3/t20-,21-;;/m1../s1. The predicted octanol–water partition coefficient (Wildman–Crippen LogP) is 4.63. The van der Waals surface area contributed by atoms with E-state index in [1.54, 1.807) is 44.2 Å². The third kappa shape index (κ3) is 9.98. The quantitative estimate of drug-likeness (QED) is 0.489. The lowest BCUT2D eigenvalue weighted by Gasteiger charge is -2.26. The number of sulfonamides is 1. The van der Waals surface area contributed by atoms with Crippen LogP contribution in [-0.2, 0) is 10.0 Å². The summed E-state index contributed by atoms with van der Waals surface area (Å²) in [6.07, 6.45) is -0.167. The van der Waals surface area contributed by atoms with Crippen molar-refractivity contribution in [3.05, 3.63) is 102 Å². The second-order valence-electron chi connectivity index (χ2n) is 7.58. The highest BCUT2D eigenvalue weighted by Gasteiger charge is 2.27. The molecular formula is C26H33N3O3S. The molecule has 3 aromatic carbocycles. The molecule has 0 bridgehead atoms. The Morgan fingerprint density at radius 3 is 1.70 bits per heavy atom. The van der Waals surface area contributed by atoms with Gasteiger partial charge in [0, 0.05) is 13.0 Å². The number of aliphatic hydroxyl groups excluding tert-OH is 1. The van der Waals surface area contributed by atoms with Gasteiger partial charge in [-0.2, -0.15) is 5.26 Å². The molecule has 0 aliphatic rings. The van der Waals surface area contributed by atoms with Crippen LogP contribution in [0.4, 0.5) is 0 Å². The van der Waals surface area contributed by atoms with Crippen molar-refractivity contribution in [2.45, 2.75) is 50.8 Å². The van der Waals surface area contributed by atoms with E-state index in [0.29, 0.717) is 0 Å². The smallest absolute Gasteiger partial charge is 0.241 e. The van der Waals surface area contributed by atoms with Gasteiger partial charge in [-0.05, 0) is 44.0 Å². The number of nitrogens with two attached hydrogens (primary N) is 1. The lowest BCUT2D eigenvalue weighted by molar-refractivity contribution is 0.216. The molecule has 3 rings (SSSR count). The summed E-state index contributed by atoms with van der Waals surface area (Å²) in [5, 5.41) is 15.4. The van der Waals surface area contributed by atoms with Gasteiger partial charge in [0.25, 0.3) is 0 Å². The van der Waals surface area contributed by atoms with Gasteiger partial charge in [0.2, 0.25) is 10.0 Å². The Hall–Kier alpha value is -3.02. The molecule has 3 aromatic rings. The molecule has 0 spiro atoms. The second kappa shape index (κ2) is 14.2. The molecule has 0 radical (unpaired) electrons. The molecule has 0 saturated carbocycles. The second-order valence-corrected chi connectivity index (χ2v) is 9.29. The number of rotatable bonds is 6. The monoisotopic (exact) mass is 467 g/mol. The first-order chi connectivity index (χ1) is 15.6. The maximum atomic E-state index is 12.9. The van der Waals surface area contributed by atoms with Gasteiger partial charge < -0.3 is 10.8 Å². The van der Waals surface area contributed by atoms with Gasteiger partial charge in [0.05, 0.1) is 23.0 Å². The molecule has 0 saturated heterocycles. The first-order valence-corrected chi connectivity index (χ1v) is 12.0. The minimum absolute atomic E-state index is 0.167. The number of benzene rings is 3. The molecule has 2 atom stereocenters. The maximum Gasteiger partial charge on any atom is 0.241 e. The largest absolute Gasteiger partial charge is 0.394 e. The van der Waals surface area contributed by atoms with Crippen molar-refractivity contribution in [3.8, 4) is 6.07 Å². The Balaban J connectivity index is 0.000000688. The van der Waals surface area contributed by atoms with Crippen LogP contribution in [0.25, 0.3) is 0 Å². The number of hydrogen-bond acceptors (Lipinski definition) is 5. The molecule has 0 aliphatic heterocycles. The van der Waals surface area contributed by atoms with Crippen LogP contribution >= 0.6 is 0 Å². The van der Waals surface area contributed by atoms with Gasteiger partial charge in [-0.3, -0.25) is 0 Å². The Morgan fingerprint density at radius 1 is 0.879 bits per heavy atom. The summed E-state index contributed by atoms with van der Waals surface area (Å²) in [5.74, 6) is 0. The topological polar surface area (TPSA) is 116 Å². The molecule has 176 valence electrons. The third-order valence-electron chi connectivity index (χ3n) is 4.32. The van der Waals surface area contributed by atoms with Crippen LogP contribution in [0.2, 0.25) is 0 Å². The van der Waals surface area contributed by atoms with Crippen LogP contribution in [0.15, 0.2) is 89.8 Å². The number of nitrogens with one attached hydrogen (secondary N) is 1. The zero-order valence-electron chi connectivity index (χ0n) is 19.5. The van der Waals surface area contributed by atoms with E-state index in [1.807, 2.05) is 67.6 Å². The molecule has 0 amide bonds. The third-order valence-corrected chi connectivity index (χ3v) is 5.77. The van der Waals surface area contributed by atoms with Crippen molar-refractivity contribution in [2.24, 2.45) is 5.73 Å². The molecule has 0 aromatic heterocycles. The van der Waals surface area contributed by atoms with E-state index in [4.69, 9.17) is 16.1 Å². The highest BCUT2D eigenvalue weighted by molar-refractivity contribution is 7.89. The van der Waals surface area contributed by atoms with E-state index in [2.05, 4.69) is 4.72 Å². The summed E-state index contributed by atoms with van der Waals surface area (Å²) in [4.78, 5) is 0.226. The fraction of sp³-hybridized carbons (Fsp3) is 0.269. The van der Waals surface area contributed by atoms with Gasteiger partial charge >= 0.3 is 0 Å². The predicted molar refractivity (Wildman–Crippen MR) is 133 cm³/mol. The number of nitrogens with zero attached hydrogens (tertiary/aromatic N) is 1. The van der Waals surface area contributed by atoms with Crippen molar-refractivity contribution in [1.82, 2.24) is 4.72 Å². The van der Waals surface area contributed by atoms with Crippen molar-refractivity contribution in [1.29, 1.82) is 5.26 Å². The molecule has 7 heteroatoms. The average Bonchev–Trinajstić information content (AvgIpc) is 2.79. The van der Waals surface area contributed by atoms with Crippen molar-refractivity contribution in [2.75, 3.05) is 0 Å². The number of nitriles is 1. The minimum atomic E-state index is -3.71. The molecule has 0 unspecified atom stereocenters. The van der Waals surface area contributed by atoms with Crippen LogP contribution in [0.5, 0.6) is 0 Å². The fourth-order valence-corrected chi connectivity index (χ4v) is 4.08. The molecule has 0 aliphatic carbocycles. The maximum absolute atomic E-state index is 12.9. The summed E-state index contributed by atoms with van der Waals surface area (Å²) in [6, 6.07) is 26.3. The van der Waals surface area contributed by atoms with Gasteiger partial charge in [0.1, 0.15) is 0 Å². The van der Waals surface area contributed by atoms with Crippen molar-refractivity contribution >= 4 is 10.0 Å². The molecule has 6 nitrogen and oxygen atoms in total. The van der Waals surface area contributed by atoms with E-state index in [9.17, 15) is 8.42 Å². The summed E-state index contributed by atoms with van der Waals surface area (Å²) in [7, 11) is -3.71. The van der Waals surface area contributed by atoms with Gasteiger partial charge in [0.15, 0.2) is 0 Å². The van der Waals surface area contributed by atoms with E-state index in [1.165, 1.54) is 6.92 Å². The SMILES string of the molecule is CC#N.CC(C)O.Cc1ccc(S(=O)(=O)N[C@H](c2ccccc2)[C@H](N)c2ccccc2)cc1. The van der Waals surface area contributed by atoms with Crippen LogP contribution in [0, 0.1) is 18.3 Å². The van der Waals surface area contributed by atoms with E-state index in [-0.39, 0.29) is 11.0 Å². The molecule has 33 heavy (non-hydrogen) atoms. The van der Waals surface area contributed by atoms with Crippen LogP contribution in [-0.4, -0.2) is 19.6 Å². The zero-order chi connectivity index (χ0) is 24.9. The average molecular weight is 468 g/mol. The van der Waals surface area contributed by atoms with E-state index >= 15 is 0 Å². The summed E-state index contributed by atoms with van der Waals surface area (Å²) in [5.41, 5.74) is 9.15. The number of aryl methyl sites for hydroxylation is 1. The summed E-state index contributed by atoms with van der Waals surface area (Å²) >= 11 is 0. The first-order valence-electron chi connectivity index (χ1n) is 10.6. The fourth-order valence-electron chi connectivity index (χ4n) is 2.83. The normalized spacial score (nSPS) is 12.3. The Kier molecular flexibility index (Phi) is 12.0.